The maximum absolute atomic E-state index is 16.2. The van der Waals surface area contributed by atoms with Crippen LogP contribution >= 0.6 is 0 Å². The van der Waals surface area contributed by atoms with Gasteiger partial charge in [0.2, 0.25) is 5.82 Å². The van der Waals surface area contributed by atoms with E-state index in [0.717, 1.165) is 50.0 Å². The number of hydrogen-bond acceptors (Lipinski definition) is 3. The molecule has 10 aromatic rings. The molecule has 0 saturated carbocycles. The number of nitrogens with zero attached hydrogens (tertiary/aromatic N) is 5. The van der Waals surface area contributed by atoms with Crippen molar-refractivity contribution in [2.75, 3.05) is 4.90 Å². The first kappa shape index (κ1) is 44.7. The second kappa shape index (κ2) is 16.6. The number of halogens is 5. The fourth-order valence-electron chi connectivity index (χ4n) is 9.56. The molecule has 68 heavy (non-hydrogen) atoms. The summed E-state index contributed by atoms with van der Waals surface area (Å²) >= 11 is 0. The van der Waals surface area contributed by atoms with E-state index in [1.807, 2.05) is 54.7 Å². The molecule has 0 spiro atoms. The predicted octanol–water partition coefficient (Wildman–Crippen LogP) is 15.1. The Kier molecular flexibility index (Phi) is 10.9. The number of benzene rings is 7. The summed E-state index contributed by atoms with van der Waals surface area (Å²) in [4.78, 5) is 7.00. The third-order valence-corrected chi connectivity index (χ3v) is 12.9. The van der Waals surface area contributed by atoms with Gasteiger partial charge in [-0.1, -0.05) is 149 Å². The van der Waals surface area contributed by atoms with Gasteiger partial charge >= 0.3 is 21.1 Å². The van der Waals surface area contributed by atoms with Gasteiger partial charge in [0.15, 0.2) is 23.3 Å². The van der Waals surface area contributed by atoms with Crippen molar-refractivity contribution in [2.45, 2.75) is 45.4 Å². The van der Waals surface area contributed by atoms with Crippen LogP contribution in [0.3, 0.4) is 0 Å². The largest absolute Gasteiger partial charge is 2.00 e. The zero-order valence-electron chi connectivity index (χ0n) is 37.4. The number of rotatable bonds is 6. The van der Waals surface area contributed by atoms with Crippen molar-refractivity contribution in [3.8, 4) is 45.1 Å². The van der Waals surface area contributed by atoms with Crippen molar-refractivity contribution in [1.82, 2.24) is 19.3 Å². The number of pyridine rings is 1. The van der Waals surface area contributed by atoms with E-state index in [1.165, 1.54) is 4.68 Å². The number of para-hydroxylation sites is 2. The molecule has 0 aliphatic carbocycles. The average molecular weight is 1090 g/mol. The molecule has 11 heteroatoms. The van der Waals surface area contributed by atoms with Gasteiger partial charge in [-0.2, -0.15) is 17.2 Å². The first-order valence-electron chi connectivity index (χ1n) is 21.9. The molecule has 4 heterocycles. The summed E-state index contributed by atoms with van der Waals surface area (Å²) in [6.45, 7) is 10.8. The summed E-state index contributed by atoms with van der Waals surface area (Å²) in [5.74, 6) is -9.53. The van der Waals surface area contributed by atoms with Crippen molar-refractivity contribution in [3.05, 3.63) is 210 Å². The van der Waals surface area contributed by atoms with E-state index < -0.39 is 40.1 Å². The van der Waals surface area contributed by atoms with Crippen molar-refractivity contribution in [2.24, 2.45) is 0 Å². The van der Waals surface area contributed by atoms with Crippen LogP contribution in [0.15, 0.2) is 152 Å². The number of anilines is 3. The average Bonchev–Trinajstić information content (AvgIpc) is 3.89. The van der Waals surface area contributed by atoms with Crippen LogP contribution in [0.4, 0.5) is 39.0 Å². The van der Waals surface area contributed by atoms with Gasteiger partial charge < -0.3 is 9.47 Å². The molecule has 1 aliphatic rings. The van der Waals surface area contributed by atoms with Crippen molar-refractivity contribution in [1.29, 1.82) is 0 Å². The SMILES string of the molecule is CC(C)(C)c1ccnc(-n2c3[c-]c(N4c5[c-]c(-n6nc(-c7ccccc7)c(-c7c(F)c(F)c(F)c(F)c7F)c6-c6ccccc6)ccc5C(C)(C)c5ccccc54)ccc3c3ccccc32)c1.[Pt+2]. The standard InChI is InChI=1S/C57H40F5N5.Pt/c1-56(2,3)35-28-29-63-46(30-35)66-42-22-14-12-20-38(42)39-26-24-36(31-44(39)66)65-43-23-15-13-21-40(43)57(4,5)41-27-25-37(32-45(41)65)67-55(34-18-10-7-11-19-34)48(54(64-67)33-16-8-6-9-17-33)47-49(58)51(60)53(62)52(61)50(47)59;/h6-30H,1-5H3;/q-2;+2. The molecule has 11 rings (SSSR count). The molecule has 1 aliphatic heterocycles. The molecule has 0 unspecified atom stereocenters. The third-order valence-electron chi connectivity index (χ3n) is 12.9. The van der Waals surface area contributed by atoms with Gasteiger partial charge in [0, 0.05) is 34.1 Å². The minimum absolute atomic E-state index is 0. The van der Waals surface area contributed by atoms with E-state index in [1.54, 1.807) is 60.7 Å². The van der Waals surface area contributed by atoms with Crippen molar-refractivity contribution >= 4 is 38.9 Å². The molecule has 0 N–H and O–H groups in total. The summed E-state index contributed by atoms with van der Waals surface area (Å²) in [6.07, 6.45) is 1.84. The molecular weight excluding hydrogens is 1040 g/mol. The Labute approximate surface area is 404 Å². The zero-order chi connectivity index (χ0) is 46.5. The fourth-order valence-corrected chi connectivity index (χ4v) is 9.56. The van der Waals surface area contributed by atoms with Gasteiger partial charge in [0.25, 0.3) is 0 Å². The normalized spacial score (nSPS) is 13.1. The van der Waals surface area contributed by atoms with Crippen LogP contribution in [0.5, 0.6) is 0 Å². The van der Waals surface area contributed by atoms with Gasteiger partial charge in [-0.15, -0.1) is 35.2 Å². The zero-order valence-corrected chi connectivity index (χ0v) is 39.6. The van der Waals surface area contributed by atoms with Crippen LogP contribution in [0.25, 0.3) is 67.0 Å². The molecule has 5 nitrogen and oxygen atoms in total. The molecule has 0 bridgehead atoms. The molecule has 0 radical (unpaired) electrons. The Morgan fingerprint density at radius 3 is 1.90 bits per heavy atom. The predicted molar refractivity (Wildman–Crippen MR) is 255 cm³/mol. The molecule has 3 aromatic heterocycles. The van der Waals surface area contributed by atoms with Crippen LogP contribution in [0, 0.1) is 41.2 Å². The van der Waals surface area contributed by atoms with Gasteiger partial charge in [-0.3, -0.25) is 4.68 Å². The smallest absolute Gasteiger partial charge is 0.358 e. The summed E-state index contributed by atoms with van der Waals surface area (Å²) < 4.78 is 81.1. The van der Waals surface area contributed by atoms with Crippen LogP contribution in [0.1, 0.15) is 51.3 Å². The van der Waals surface area contributed by atoms with Gasteiger partial charge in [-0.25, -0.2) is 26.9 Å². The van der Waals surface area contributed by atoms with Gasteiger partial charge in [0.05, 0.1) is 11.3 Å². The van der Waals surface area contributed by atoms with Crippen LogP contribution in [-0.2, 0) is 31.9 Å². The van der Waals surface area contributed by atoms with E-state index in [-0.39, 0.29) is 43.4 Å². The second-order valence-corrected chi connectivity index (χ2v) is 18.4. The molecule has 0 atom stereocenters. The Morgan fingerprint density at radius 2 is 1.19 bits per heavy atom. The van der Waals surface area contributed by atoms with Crippen molar-refractivity contribution < 1.29 is 43.0 Å². The monoisotopic (exact) mass is 1080 g/mol. The minimum Gasteiger partial charge on any atom is -0.358 e. The Balaban J connectivity index is 0.00000539. The summed E-state index contributed by atoms with van der Waals surface area (Å²) in [7, 11) is 0. The topological polar surface area (TPSA) is 38.9 Å². The molecular formula is C57H40F5N5Pt. The number of fused-ring (bicyclic) bond motifs is 5. The van der Waals surface area contributed by atoms with E-state index in [9.17, 15) is 4.39 Å². The first-order chi connectivity index (χ1) is 32.2. The summed E-state index contributed by atoms with van der Waals surface area (Å²) in [6, 6.07) is 53.2. The van der Waals surface area contributed by atoms with Crippen LogP contribution in [-0.4, -0.2) is 19.3 Å². The van der Waals surface area contributed by atoms with E-state index >= 15 is 17.6 Å². The Morgan fingerprint density at radius 1 is 0.574 bits per heavy atom. The summed E-state index contributed by atoms with van der Waals surface area (Å²) in [5.41, 5.74) is 6.39. The van der Waals surface area contributed by atoms with Crippen LogP contribution < -0.4 is 4.90 Å². The van der Waals surface area contributed by atoms with Gasteiger partial charge in [0.1, 0.15) is 11.5 Å². The minimum atomic E-state index is -2.25. The molecule has 7 aromatic carbocycles. The maximum Gasteiger partial charge on any atom is 2.00 e. The fraction of sp³-hybridized carbons (Fsp3) is 0.123. The maximum atomic E-state index is 16.2. The van der Waals surface area contributed by atoms with Crippen molar-refractivity contribution in [3.63, 3.8) is 0 Å². The Hall–Kier alpha value is -7.16. The quantitative estimate of drug-likeness (QED) is 0.0721. The molecule has 0 fully saturated rings. The number of hydrogen-bond donors (Lipinski definition) is 0. The molecule has 338 valence electrons. The molecule has 0 saturated heterocycles. The van der Waals surface area contributed by atoms with Gasteiger partial charge in [-0.05, 0) is 57.3 Å². The Bertz CT molecular complexity index is 3580. The van der Waals surface area contributed by atoms with E-state index in [2.05, 4.69) is 92.6 Å². The third kappa shape index (κ3) is 6.90. The number of aromatic nitrogens is 4. The molecule has 0 amide bonds. The van der Waals surface area contributed by atoms with Crippen LogP contribution in [0.2, 0.25) is 0 Å². The second-order valence-electron chi connectivity index (χ2n) is 18.4. The van der Waals surface area contributed by atoms with E-state index in [0.29, 0.717) is 28.2 Å². The summed E-state index contributed by atoms with van der Waals surface area (Å²) in [5, 5.41) is 7.04. The van der Waals surface area contributed by atoms with E-state index in [4.69, 9.17) is 10.1 Å². The first-order valence-corrected chi connectivity index (χ1v) is 21.9.